The zero-order valence-electron chi connectivity index (χ0n) is 12.7. The first-order valence-electron chi connectivity index (χ1n) is 6.97. The van der Waals surface area contributed by atoms with Crippen LogP contribution in [0.2, 0.25) is 5.15 Å². The molecule has 0 bridgehead atoms. The van der Waals surface area contributed by atoms with Crippen LogP contribution in [0.25, 0.3) is 11.3 Å². The van der Waals surface area contributed by atoms with E-state index >= 15 is 0 Å². The number of aromatic nitrogens is 2. The van der Waals surface area contributed by atoms with E-state index in [0.29, 0.717) is 29.9 Å². The van der Waals surface area contributed by atoms with Crippen molar-refractivity contribution in [2.75, 3.05) is 13.2 Å². The lowest BCUT2D eigenvalue weighted by Crippen LogP contribution is -2.00. The fourth-order valence-corrected chi connectivity index (χ4v) is 2.29. The van der Waals surface area contributed by atoms with Gasteiger partial charge >= 0.3 is 0 Å². The zero-order chi connectivity index (χ0) is 15.4. The lowest BCUT2D eigenvalue weighted by atomic mass is 10.1. The normalized spacial score (nSPS) is 10.5. The monoisotopic (exact) mass is 306 g/mol. The van der Waals surface area contributed by atoms with Crippen LogP contribution >= 0.6 is 11.6 Å². The average Bonchev–Trinajstić information content (AvgIpc) is 2.45. The molecule has 0 amide bonds. The highest BCUT2D eigenvalue weighted by Gasteiger charge is 2.13. The van der Waals surface area contributed by atoms with Gasteiger partial charge in [0, 0.05) is 11.1 Å². The van der Waals surface area contributed by atoms with Crippen molar-refractivity contribution in [2.24, 2.45) is 0 Å². The van der Waals surface area contributed by atoms with Crippen molar-refractivity contribution in [3.8, 4) is 22.8 Å². The molecule has 0 atom stereocenters. The summed E-state index contributed by atoms with van der Waals surface area (Å²) in [7, 11) is 0. The van der Waals surface area contributed by atoms with Gasteiger partial charge in [0.15, 0.2) is 11.5 Å². The van der Waals surface area contributed by atoms with Gasteiger partial charge in [0.25, 0.3) is 0 Å². The van der Waals surface area contributed by atoms with Crippen LogP contribution < -0.4 is 9.47 Å². The molecule has 0 unspecified atom stereocenters. The lowest BCUT2D eigenvalue weighted by Gasteiger charge is -2.13. The first-order chi connectivity index (χ1) is 10.1. The van der Waals surface area contributed by atoms with Crippen LogP contribution in [-0.4, -0.2) is 23.2 Å². The lowest BCUT2D eigenvalue weighted by molar-refractivity contribution is 0.288. The van der Waals surface area contributed by atoms with E-state index in [-0.39, 0.29) is 0 Å². The molecular formula is C16H19ClN2O2. The summed E-state index contributed by atoms with van der Waals surface area (Å²) < 4.78 is 11.2. The Morgan fingerprint density at radius 3 is 2.33 bits per heavy atom. The largest absolute Gasteiger partial charge is 0.490 e. The Balaban J connectivity index is 2.52. The van der Waals surface area contributed by atoms with Crippen LogP contribution in [0.15, 0.2) is 18.2 Å². The molecule has 1 aromatic heterocycles. The molecule has 5 heteroatoms. The van der Waals surface area contributed by atoms with E-state index in [1.165, 1.54) is 0 Å². The standard InChI is InChI=1S/C16H19ClN2O2/c1-5-20-13-8-7-12(9-14(13)21-6-2)15-10(3)16(17)19-11(4)18-15/h7-9H,5-6H2,1-4H3. The van der Waals surface area contributed by atoms with Crippen molar-refractivity contribution >= 4 is 11.6 Å². The number of halogens is 1. The molecule has 0 saturated heterocycles. The maximum atomic E-state index is 6.14. The van der Waals surface area contributed by atoms with E-state index in [2.05, 4.69) is 9.97 Å². The van der Waals surface area contributed by atoms with E-state index in [9.17, 15) is 0 Å². The van der Waals surface area contributed by atoms with Crippen molar-refractivity contribution in [2.45, 2.75) is 27.7 Å². The molecular weight excluding hydrogens is 288 g/mol. The summed E-state index contributed by atoms with van der Waals surface area (Å²) in [4.78, 5) is 8.65. The van der Waals surface area contributed by atoms with Gasteiger partial charge in [-0.05, 0) is 45.9 Å². The third kappa shape index (κ3) is 3.45. The summed E-state index contributed by atoms with van der Waals surface area (Å²) in [5.41, 5.74) is 2.61. The summed E-state index contributed by atoms with van der Waals surface area (Å²) in [5, 5.41) is 0.476. The Morgan fingerprint density at radius 2 is 1.67 bits per heavy atom. The Morgan fingerprint density at radius 1 is 1.00 bits per heavy atom. The second kappa shape index (κ2) is 6.76. The molecule has 0 spiro atoms. The van der Waals surface area contributed by atoms with Gasteiger partial charge in [0.1, 0.15) is 11.0 Å². The smallest absolute Gasteiger partial charge is 0.161 e. The van der Waals surface area contributed by atoms with Crippen molar-refractivity contribution in [3.63, 3.8) is 0 Å². The molecule has 0 aliphatic heterocycles. The van der Waals surface area contributed by atoms with Crippen LogP contribution in [-0.2, 0) is 0 Å². The van der Waals surface area contributed by atoms with Crippen molar-refractivity contribution in [1.82, 2.24) is 9.97 Å². The van der Waals surface area contributed by atoms with Crippen molar-refractivity contribution in [1.29, 1.82) is 0 Å². The van der Waals surface area contributed by atoms with Crippen LogP contribution in [0, 0.1) is 13.8 Å². The minimum Gasteiger partial charge on any atom is -0.490 e. The minimum absolute atomic E-state index is 0.476. The molecule has 0 fully saturated rings. The summed E-state index contributed by atoms with van der Waals surface area (Å²) in [6.07, 6.45) is 0. The van der Waals surface area contributed by atoms with E-state index < -0.39 is 0 Å². The molecule has 0 N–H and O–H groups in total. The fourth-order valence-electron chi connectivity index (χ4n) is 2.07. The molecule has 2 aromatic rings. The van der Waals surface area contributed by atoms with Crippen LogP contribution in [0.4, 0.5) is 0 Å². The SMILES string of the molecule is CCOc1ccc(-c2nc(C)nc(Cl)c2C)cc1OCC. The van der Waals surface area contributed by atoms with Gasteiger partial charge in [-0.3, -0.25) is 0 Å². The summed E-state index contributed by atoms with van der Waals surface area (Å²) >= 11 is 6.14. The molecule has 1 aromatic carbocycles. The molecule has 2 rings (SSSR count). The molecule has 4 nitrogen and oxygen atoms in total. The van der Waals surface area contributed by atoms with E-state index in [1.54, 1.807) is 0 Å². The van der Waals surface area contributed by atoms with Gasteiger partial charge in [-0.2, -0.15) is 0 Å². The van der Waals surface area contributed by atoms with Gasteiger partial charge in [-0.25, -0.2) is 9.97 Å². The van der Waals surface area contributed by atoms with Crippen molar-refractivity contribution < 1.29 is 9.47 Å². The van der Waals surface area contributed by atoms with E-state index in [4.69, 9.17) is 21.1 Å². The van der Waals surface area contributed by atoms with Gasteiger partial charge in [0.05, 0.1) is 18.9 Å². The molecule has 0 radical (unpaired) electrons. The highest BCUT2D eigenvalue weighted by Crippen LogP contribution is 2.34. The Kier molecular flexibility index (Phi) is 5.02. The first-order valence-corrected chi connectivity index (χ1v) is 7.35. The molecule has 1 heterocycles. The van der Waals surface area contributed by atoms with Crippen LogP contribution in [0.5, 0.6) is 11.5 Å². The van der Waals surface area contributed by atoms with E-state index in [0.717, 1.165) is 22.6 Å². The first kappa shape index (κ1) is 15.6. The highest BCUT2D eigenvalue weighted by molar-refractivity contribution is 6.30. The molecule has 112 valence electrons. The maximum Gasteiger partial charge on any atom is 0.161 e. The van der Waals surface area contributed by atoms with Gasteiger partial charge < -0.3 is 9.47 Å². The predicted molar refractivity (Wildman–Crippen MR) is 84.3 cm³/mol. The Bertz CT molecular complexity index is 644. The minimum atomic E-state index is 0.476. The zero-order valence-corrected chi connectivity index (χ0v) is 13.5. The van der Waals surface area contributed by atoms with E-state index in [1.807, 2.05) is 45.9 Å². The van der Waals surface area contributed by atoms with Gasteiger partial charge in [-0.15, -0.1) is 0 Å². The summed E-state index contributed by atoms with van der Waals surface area (Å²) in [6, 6.07) is 5.78. The molecule has 21 heavy (non-hydrogen) atoms. The number of hydrogen-bond donors (Lipinski definition) is 0. The topological polar surface area (TPSA) is 44.2 Å². The number of nitrogens with zero attached hydrogens (tertiary/aromatic N) is 2. The Hall–Kier alpha value is -1.81. The third-order valence-electron chi connectivity index (χ3n) is 3.02. The predicted octanol–water partition coefficient (Wildman–Crippen LogP) is 4.21. The number of ether oxygens (including phenoxy) is 2. The van der Waals surface area contributed by atoms with Gasteiger partial charge in [0.2, 0.25) is 0 Å². The van der Waals surface area contributed by atoms with Crippen LogP contribution in [0.1, 0.15) is 25.2 Å². The summed E-state index contributed by atoms with van der Waals surface area (Å²) in [6.45, 7) is 8.80. The number of rotatable bonds is 5. The molecule has 0 saturated carbocycles. The fraction of sp³-hybridized carbons (Fsp3) is 0.375. The Labute approximate surface area is 130 Å². The number of hydrogen-bond acceptors (Lipinski definition) is 4. The highest BCUT2D eigenvalue weighted by atomic mass is 35.5. The van der Waals surface area contributed by atoms with Crippen molar-refractivity contribution in [3.05, 3.63) is 34.7 Å². The number of aryl methyl sites for hydroxylation is 1. The third-order valence-corrected chi connectivity index (χ3v) is 3.38. The second-order valence-corrected chi connectivity index (χ2v) is 4.92. The summed E-state index contributed by atoms with van der Waals surface area (Å²) in [5.74, 6) is 2.09. The van der Waals surface area contributed by atoms with Crippen LogP contribution in [0.3, 0.4) is 0 Å². The average molecular weight is 307 g/mol. The quantitative estimate of drug-likeness (QED) is 0.776. The molecule has 0 aliphatic carbocycles. The second-order valence-electron chi connectivity index (χ2n) is 4.56. The van der Waals surface area contributed by atoms with Gasteiger partial charge in [-0.1, -0.05) is 11.6 Å². The maximum absolute atomic E-state index is 6.14. The number of benzene rings is 1. The molecule has 0 aliphatic rings.